The van der Waals surface area contributed by atoms with Crippen molar-refractivity contribution in [2.75, 3.05) is 36.0 Å². The fourth-order valence-corrected chi connectivity index (χ4v) is 15.4. The summed E-state index contributed by atoms with van der Waals surface area (Å²) in [4.78, 5) is 52.3. The summed E-state index contributed by atoms with van der Waals surface area (Å²) in [6.45, 7) is 19.4. The van der Waals surface area contributed by atoms with Crippen LogP contribution in [-0.4, -0.2) is 117 Å². The van der Waals surface area contributed by atoms with Crippen LogP contribution in [0.25, 0.3) is 0 Å². The van der Waals surface area contributed by atoms with Gasteiger partial charge in [-0.15, -0.1) is 4.33 Å². The summed E-state index contributed by atoms with van der Waals surface area (Å²) in [5.41, 5.74) is 9.77. The minimum atomic E-state index is -4.48. The molecular weight excluding hydrogens is 1300 g/mol. The first-order chi connectivity index (χ1) is 45.8. The number of hydrogen-bond donors (Lipinski definition) is 7. The Bertz CT molecular complexity index is 4100. The maximum atomic E-state index is 13.6. The molecular formula is C73H93N5O16S3+2. The lowest BCUT2D eigenvalue weighted by Gasteiger charge is -2.27. The number of fused-ring (bicyclic) bond motifs is 4. The van der Waals surface area contributed by atoms with Crippen molar-refractivity contribution in [2.45, 2.75) is 201 Å². The fraction of sp³-hybridized carbons (Fsp3) is 0.452. The van der Waals surface area contributed by atoms with Crippen LogP contribution in [0.1, 0.15) is 186 Å². The number of allylic oxidation sites excluding steroid dienone is 10. The highest BCUT2D eigenvalue weighted by atomic mass is 32.2. The average molecular weight is 1390 g/mol. The second-order valence-corrected chi connectivity index (χ2v) is 31.0. The number of nitrogens with zero attached hydrogens (tertiary/aromatic N) is 4. The topological polar surface area (TPSA) is 301 Å². The van der Waals surface area contributed by atoms with Gasteiger partial charge in [0, 0.05) is 132 Å². The lowest BCUT2D eigenvalue weighted by Crippen LogP contribution is -2.28. The van der Waals surface area contributed by atoms with E-state index in [-0.39, 0.29) is 35.0 Å². The number of carboxylic acids is 3. The molecule has 0 saturated heterocycles. The van der Waals surface area contributed by atoms with E-state index in [9.17, 15) is 60.4 Å². The molecule has 0 bridgehead atoms. The number of rotatable bonds is 36. The van der Waals surface area contributed by atoms with Gasteiger partial charge < -0.3 is 30.4 Å². The average Bonchev–Trinajstić information content (AvgIpc) is 1.62. The van der Waals surface area contributed by atoms with E-state index in [1.165, 1.54) is 24.3 Å². The Morgan fingerprint density at radius 3 is 1.46 bits per heavy atom. The van der Waals surface area contributed by atoms with Crippen LogP contribution in [0, 0.1) is 0 Å². The Kier molecular flexibility index (Phi) is 24.8. The number of amides is 1. The lowest BCUT2D eigenvalue weighted by atomic mass is 9.81. The molecule has 4 heterocycles. The van der Waals surface area contributed by atoms with E-state index in [1.54, 1.807) is 12.1 Å². The van der Waals surface area contributed by atoms with E-state index < -0.39 is 59.8 Å². The zero-order chi connectivity index (χ0) is 70.7. The van der Waals surface area contributed by atoms with Crippen molar-refractivity contribution < 1.29 is 84.2 Å². The third kappa shape index (κ3) is 18.0. The summed E-state index contributed by atoms with van der Waals surface area (Å²) in [6, 6.07) is 21.4. The number of carbonyl (C=O) groups excluding carboxylic acids is 1. The molecule has 97 heavy (non-hydrogen) atoms. The molecule has 0 fully saturated rings. The zero-order valence-electron chi connectivity index (χ0n) is 56.7. The number of nitrogens with one attached hydrogen (secondary N) is 1. The summed E-state index contributed by atoms with van der Waals surface area (Å²) in [7, 11) is -8.94. The summed E-state index contributed by atoms with van der Waals surface area (Å²) < 4.78 is 78.3. The van der Waals surface area contributed by atoms with Gasteiger partial charge in [0.2, 0.25) is 17.3 Å². The second-order valence-electron chi connectivity index (χ2n) is 27.3. The van der Waals surface area contributed by atoms with Crippen LogP contribution in [0.2, 0.25) is 0 Å². The first-order valence-corrected chi connectivity index (χ1v) is 36.8. The molecule has 0 saturated carbocycles. The molecule has 0 radical (unpaired) electrons. The molecule has 4 aromatic rings. The molecule has 21 nitrogen and oxygen atoms in total. The van der Waals surface area contributed by atoms with Crippen molar-refractivity contribution in [3.8, 4) is 0 Å². The van der Waals surface area contributed by atoms with Gasteiger partial charge in [-0.1, -0.05) is 82.0 Å². The SMILES string of the molecule is CC1(C)C(=CC=CC2=[N+](CCCCCC(=O)O)c3ccc(S(=O)(=O)O)cc3C2(C)C)N(CCCCCC(=O)O)c2ccc(CNC(=O)CCCCC[N+]3=C(C=CC=CC=C4N(CCCCCC(=O)O)c5ccc(S(=O)(=O)O)cc5C4(C)C)C(C)(C)c4cc(SOOO)ccc43)cc21. The minimum Gasteiger partial charge on any atom is -0.481 e. The highest BCUT2D eigenvalue weighted by Crippen LogP contribution is 2.51. The Labute approximate surface area is 574 Å². The summed E-state index contributed by atoms with van der Waals surface area (Å²) in [6.07, 6.45) is 24.7. The minimum absolute atomic E-state index is 0.0675. The van der Waals surface area contributed by atoms with Crippen LogP contribution in [0.3, 0.4) is 0 Å². The molecule has 0 unspecified atom stereocenters. The molecule has 24 heteroatoms. The monoisotopic (exact) mass is 1390 g/mol. The van der Waals surface area contributed by atoms with Crippen LogP contribution in [-0.2, 0) is 77.0 Å². The number of benzene rings is 4. The normalized spacial score (nSPS) is 17.6. The summed E-state index contributed by atoms with van der Waals surface area (Å²) in [5.74, 6) is -2.60. The molecule has 0 aliphatic carbocycles. The Balaban J connectivity index is 0.953. The van der Waals surface area contributed by atoms with Crippen molar-refractivity contribution in [3.63, 3.8) is 0 Å². The standard InChI is InChI=1S/C73H91N5O16S3/c1-70(2)54-45-50(33-37-58(54)75(42-21-11-17-30-67(80)81)64(70)27-24-28-65-73(7,8)57-48-53(97(90,91)92)36-40-61(57)78(65)44-23-13-19-32-69(84)85)49-74-66(79)29-16-10-20-41-76-59-38-34-51(95-94-93-86)46-55(59)71(3,4)62(76)25-14-9-15-26-63-72(5,6)56-47-52(96(87,88)89)35-39-60(56)77(63)43-22-12-18-31-68(82)83/h9,14-15,24-28,33-40,45-48H,10-13,16-23,29-32,41-44,49H2,1-8H3,(H5-2,74,79,80,81,82,83,84,85,86,87,88,89,90,91,92)/p+2. The summed E-state index contributed by atoms with van der Waals surface area (Å²) >= 11 is 0.887. The van der Waals surface area contributed by atoms with E-state index in [0.29, 0.717) is 90.5 Å². The van der Waals surface area contributed by atoms with Gasteiger partial charge >= 0.3 is 17.9 Å². The highest BCUT2D eigenvalue weighted by molar-refractivity contribution is 7.94. The van der Waals surface area contributed by atoms with Gasteiger partial charge in [-0.25, -0.2) is 5.26 Å². The predicted molar refractivity (Wildman–Crippen MR) is 375 cm³/mol. The fourth-order valence-electron chi connectivity index (χ4n) is 14.0. The van der Waals surface area contributed by atoms with Crippen molar-refractivity contribution in [1.29, 1.82) is 0 Å². The summed E-state index contributed by atoms with van der Waals surface area (Å²) in [5, 5.41) is 43.8. The Morgan fingerprint density at radius 2 is 0.948 bits per heavy atom. The van der Waals surface area contributed by atoms with E-state index in [4.69, 9.17) is 9.59 Å². The van der Waals surface area contributed by atoms with E-state index in [2.05, 4.69) is 81.3 Å². The number of unbranched alkanes of at least 4 members (excludes halogenated alkanes) is 8. The maximum Gasteiger partial charge on any atom is 0.303 e. The first kappa shape index (κ1) is 75.2. The molecule has 0 aromatic heterocycles. The largest absolute Gasteiger partial charge is 0.481 e. The van der Waals surface area contributed by atoms with Crippen molar-refractivity contribution >= 4 is 90.3 Å². The molecule has 522 valence electrons. The van der Waals surface area contributed by atoms with Crippen molar-refractivity contribution in [3.05, 3.63) is 161 Å². The van der Waals surface area contributed by atoms with Gasteiger partial charge in [0.1, 0.15) is 13.1 Å². The molecule has 0 spiro atoms. The molecule has 4 aliphatic rings. The quantitative estimate of drug-likeness (QED) is 0.00423. The van der Waals surface area contributed by atoms with Gasteiger partial charge in [0.05, 0.1) is 32.7 Å². The highest BCUT2D eigenvalue weighted by Gasteiger charge is 2.47. The number of hydrogen-bond acceptors (Lipinski definition) is 14. The van der Waals surface area contributed by atoms with Gasteiger partial charge in [-0.2, -0.15) is 26.0 Å². The lowest BCUT2D eigenvalue weighted by molar-refractivity contribution is -0.438. The third-order valence-electron chi connectivity index (χ3n) is 19.1. The van der Waals surface area contributed by atoms with Crippen LogP contribution in [0.5, 0.6) is 0 Å². The second kappa shape index (κ2) is 32.0. The van der Waals surface area contributed by atoms with Gasteiger partial charge in [0.15, 0.2) is 11.4 Å². The number of carboxylic acid groups (broad SMARTS) is 3. The third-order valence-corrected chi connectivity index (χ3v) is 21.4. The molecule has 0 atom stereocenters. The zero-order valence-corrected chi connectivity index (χ0v) is 59.1. The Hall–Kier alpha value is -7.55. The van der Waals surface area contributed by atoms with Crippen LogP contribution in [0.4, 0.5) is 22.7 Å². The van der Waals surface area contributed by atoms with Gasteiger partial charge in [-0.05, 0) is 156 Å². The molecule has 8 rings (SSSR count). The van der Waals surface area contributed by atoms with Crippen LogP contribution < -0.4 is 15.1 Å². The Morgan fingerprint density at radius 1 is 0.505 bits per heavy atom. The van der Waals surface area contributed by atoms with E-state index >= 15 is 0 Å². The van der Waals surface area contributed by atoms with E-state index in [1.807, 2.05) is 88.4 Å². The molecule has 7 N–H and O–H groups in total. The van der Waals surface area contributed by atoms with Crippen LogP contribution in [0.15, 0.2) is 147 Å². The van der Waals surface area contributed by atoms with Gasteiger partial charge in [0.25, 0.3) is 20.2 Å². The van der Waals surface area contributed by atoms with Crippen molar-refractivity contribution in [2.24, 2.45) is 0 Å². The number of aliphatic carboxylic acids is 3. The maximum absolute atomic E-state index is 13.6. The molecule has 4 aromatic carbocycles. The van der Waals surface area contributed by atoms with E-state index in [0.717, 1.165) is 116 Å². The molecule has 1 amide bonds. The van der Waals surface area contributed by atoms with Crippen molar-refractivity contribution in [1.82, 2.24) is 5.32 Å². The molecule has 4 aliphatic heterocycles. The smallest absolute Gasteiger partial charge is 0.303 e. The number of carbonyl (C=O) groups is 4. The predicted octanol–water partition coefficient (Wildman–Crippen LogP) is 14.2. The number of anilines is 2. The van der Waals surface area contributed by atoms with Gasteiger partial charge in [-0.3, -0.25) is 28.3 Å². The first-order valence-electron chi connectivity index (χ1n) is 33.2. The van der Waals surface area contributed by atoms with Crippen LogP contribution >= 0.6 is 12.0 Å².